The molecule has 1 saturated carbocycles. The number of hydrogen-bond donors (Lipinski definition) is 1. The van der Waals surface area contributed by atoms with Gasteiger partial charge in [-0.1, -0.05) is 6.42 Å². The van der Waals surface area contributed by atoms with Crippen molar-refractivity contribution in [3.05, 3.63) is 52.7 Å². The molecule has 1 aliphatic carbocycles. The SMILES string of the molecule is O=C(Nc1ncccc1Oc1ccc([N+](=O)[O-])cc1)C1CCC1. The van der Waals surface area contributed by atoms with Crippen molar-refractivity contribution in [1.29, 1.82) is 0 Å². The Kier molecular flexibility index (Phi) is 4.18. The van der Waals surface area contributed by atoms with Crippen molar-refractivity contribution in [3.63, 3.8) is 0 Å². The molecule has 0 spiro atoms. The van der Waals surface area contributed by atoms with Gasteiger partial charge in [-0.3, -0.25) is 14.9 Å². The van der Waals surface area contributed by atoms with Crippen molar-refractivity contribution in [2.45, 2.75) is 19.3 Å². The molecule has 0 atom stereocenters. The maximum absolute atomic E-state index is 12.0. The maximum atomic E-state index is 12.0. The van der Waals surface area contributed by atoms with E-state index in [0.717, 1.165) is 19.3 Å². The predicted molar refractivity (Wildman–Crippen MR) is 83.4 cm³/mol. The fourth-order valence-corrected chi connectivity index (χ4v) is 2.22. The van der Waals surface area contributed by atoms with Crippen LogP contribution >= 0.6 is 0 Å². The van der Waals surface area contributed by atoms with Crippen LogP contribution in [0.3, 0.4) is 0 Å². The number of pyridine rings is 1. The Labute approximate surface area is 132 Å². The van der Waals surface area contributed by atoms with E-state index in [4.69, 9.17) is 4.74 Å². The molecule has 1 aliphatic rings. The Hall–Kier alpha value is -2.96. The van der Waals surface area contributed by atoms with Crippen LogP contribution in [0.2, 0.25) is 0 Å². The summed E-state index contributed by atoms with van der Waals surface area (Å²) < 4.78 is 5.68. The number of benzene rings is 1. The highest BCUT2D eigenvalue weighted by atomic mass is 16.6. The van der Waals surface area contributed by atoms with Crippen LogP contribution in [0.25, 0.3) is 0 Å². The molecule has 1 N–H and O–H groups in total. The first-order valence-corrected chi connectivity index (χ1v) is 7.31. The second-order valence-electron chi connectivity index (χ2n) is 5.32. The molecule has 3 rings (SSSR count). The highest BCUT2D eigenvalue weighted by Gasteiger charge is 2.26. The molecule has 1 fully saturated rings. The van der Waals surface area contributed by atoms with Crippen LogP contribution in [0.1, 0.15) is 19.3 Å². The van der Waals surface area contributed by atoms with E-state index >= 15 is 0 Å². The maximum Gasteiger partial charge on any atom is 0.269 e. The van der Waals surface area contributed by atoms with Gasteiger partial charge in [0.15, 0.2) is 11.6 Å². The average Bonchev–Trinajstić information content (AvgIpc) is 2.48. The molecule has 0 aliphatic heterocycles. The van der Waals surface area contributed by atoms with Crippen LogP contribution in [-0.4, -0.2) is 15.8 Å². The van der Waals surface area contributed by atoms with Gasteiger partial charge in [0.1, 0.15) is 5.75 Å². The van der Waals surface area contributed by atoms with Crippen molar-refractivity contribution in [3.8, 4) is 11.5 Å². The fourth-order valence-electron chi connectivity index (χ4n) is 2.22. The van der Waals surface area contributed by atoms with Gasteiger partial charge in [-0.05, 0) is 37.1 Å². The number of aromatic nitrogens is 1. The number of nitrogens with zero attached hydrogens (tertiary/aromatic N) is 2. The molecule has 7 heteroatoms. The monoisotopic (exact) mass is 313 g/mol. The molecule has 1 aromatic heterocycles. The number of non-ortho nitro benzene ring substituents is 1. The third-order valence-electron chi connectivity index (χ3n) is 3.76. The van der Waals surface area contributed by atoms with Crippen molar-refractivity contribution in [2.75, 3.05) is 5.32 Å². The Balaban J connectivity index is 1.74. The highest BCUT2D eigenvalue weighted by molar-refractivity contribution is 5.93. The molecule has 1 aromatic carbocycles. The standard InChI is InChI=1S/C16H15N3O4/c20-16(11-3-1-4-11)18-15-14(5-2-10-17-15)23-13-8-6-12(7-9-13)19(21)22/h2,5-11H,1,3-4H2,(H,17,18,20). The smallest absolute Gasteiger partial charge is 0.269 e. The van der Waals surface area contributed by atoms with Gasteiger partial charge in [-0.25, -0.2) is 4.98 Å². The summed E-state index contributed by atoms with van der Waals surface area (Å²) in [4.78, 5) is 26.4. The largest absolute Gasteiger partial charge is 0.453 e. The van der Waals surface area contributed by atoms with E-state index < -0.39 is 4.92 Å². The van der Waals surface area contributed by atoms with Gasteiger partial charge in [-0.15, -0.1) is 0 Å². The molecule has 1 amide bonds. The molecule has 23 heavy (non-hydrogen) atoms. The van der Waals surface area contributed by atoms with E-state index in [2.05, 4.69) is 10.3 Å². The Bertz CT molecular complexity index is 726. The van der Waals surface area contributed by atoms with Gasteiger partial charge in [0, 0.05) is 24.2 Å². The quantitative estimate of drug-likeness (QED) is 0.673. The number of nitrogens with one attached hydrogen (secondary N) is 1. The first-order chi connectivity index (χ1) is 11.1. The first kappa shape index (κ1) is 15.0. The summed E-state index contributed by atoms with van der Waals surface area (Å²) in [5.74, 6) is 1.17. The highest BCUT2D eigenvalue weighted by Crippen LogP contribution is 2.31. The lowest BCUT2D eigenvalue weighted by atomic mass is 9.85. The zero-order valence-electron chi connectivity index (χ0n) is 12.3. The number of rotatable bonds is 5. The lowest BCUT2D eigenvalue weighted by Crippen LogP contribution is -2.28. The molecule has 118 valence electrons. The number of hydrogen-bond acceptors (Lipinski definition) is 5. The summed E-state index contributed by atoms with van der Waals surface area (Å²) in [6.45, 7) is 0. The van der Waals surface area contributed by atoms with E-state index in [1.807, 2.05) is 0 Å². The van der Waals surface area contributed by atoms with Crippen LogP contribution in [0.4, 0.5) is 11.5 Å². The van der Waals surface area contributed by atoms with Crippen molar-refractivity contribution in [2.24, 2.45) is 5.92 Å². The van der Waals surface area contributed by atoms with Crippen LogP contribution < -0.4 is 10.1 Å². The summed E-state index contributed by atoms with van der Waals surface area (Å²) in [7, 11) is 0. The lowest BCUT2D eigenvalue weighted by Gasteiger charge is -2.24. The molecule has 1 heterocycles. The Morgan fingerprint density at radius 3 is 2.61 bits per heavy atom. The molecule has 0 radical (unpaired) electrons. The predicted octanol–water partition coefficient (Wildman–Crippen LogP) is 3.52. The summed E-state index contributed by atoms with van der Waals surface area (Å²) in [6.07, 6.45) is 4.44. The minimum absolute atomic E-state index is 0.0120. The van der Waals surface area contributed by atoms with E-state index in [0.29, 0.717) is 17.3 Å². The normalized spacial score (nSPS) is 13.9. The second kappa shape index (κ2) is 6.43. The molecule has 7 nitrogen and oxygen atoms in total. The number of anilines is 1. The summed E-state index contributed by atoms with van der Waals surface area (Å²) in [5, 5.41) is 13.4. The molecule has 0 bridgehead atoms. The van der Waals surface area contributed by atoms with Crippen molar-refractivity contribution < 1.29 is 14.5 Å². The second-order valence-corrected chi connectivity index (χ2v) is 5.32. The van der Waals surface area contributed by atoms with Crippen molar-refractivity contribution in [1.82, 2.24) is 4.98 Å². The number of carbonyl (C=O) groups is 1. The van der Waals surface area contributed by atoms with Crippen LogP contribution in [-0.2, 0) is 4.79 Å². The van der Waals surface area contributed by atoms with Gasteiger partial charge in [0.05, 0.1) is 4.92 Å². The number of carbonyl (C=O) groups excluding carboxylic acids is 1. The first-order valence-electron chi connectivity index (χ1n) is 7.31. The number of amides is 1. The fraction of sp³-hybridized carbons (Fsp3) is 0.250. The molecular weight excluding hydrogens is 298 g/mol. The van der Waals surface area contributed by atoms with Crippen LogP contribution in [0.15, 0.2) is 42.6 Å². The van der Waals surface area contributed by atoms with E-state index in [-0.39, 0.29) is 17.5 Å². The average molecular weight is 313 g/mol. The van der Waals surface area contributed by atoms with E-state index in [1.165, 1.54) is 24.3 Å². The molecule has 2 aromatic rings. The Morgan fingerprint density at radius 1 is 1.26 bits per heavy atom. The van der Waals surface area contributed by atoms with Gasteiger partial charge in [-0.2, -0.15) is 0 Å². The number of ether oxygens (including phenoxy) is 1. The summed E-state index contributed by atoms with van der Waals surface area (Å²) >= 11 is 0. The third kappa shape index (κ3) is 3.45. The molecule has 0 unspecified atom stereocenters. The zero-order valence-corrected chi connectivity index (χ0v) is 12.3. The topological polar surface area (TPSA) is 94.4 Å². The molecule has 0 saturated heterocycles. The zero-order chi connectivity index (χ0) is 16.2. The van der Waals surface area contributed by atoms with Gasteiger partial charge in [0.2, 0.25) is 5.91 Å². The van der Waals surface area contributed by atoms with E-state index in [9.17, 15) is 14.9 Å². The van der Waals surface area contributed by atoms with Crippen LogP contribution in [0, 0.1) is 16.0 Å². The minimum Gasteiger partial charge on any atom is -0.453 e. The molecular formula is C16H15N3O4. The lowest BCUT2D eigenvalue weighted by molar-refractivity contribution is -0.384. The summed E-state index contributed by atoms with van der Waals surface area (Å²) in [5.41, 5.74) is -0.0120. The summed E-state index contributed by atoms with van der Waals surface area (Å²) in [6, 6.07) is 9.10. The number of nitro benzene ring substituents is 1. The van der Waals surface area contributed by atoms with Gasteiger partial charge in [0.25, 0.3) is 5.69 Å². The Morgan fingerprint density at radius 2 is 2.00 bits per heavy atom. The van der Waals surface area contributed by atoms with Gasteiger partial charge < -0.3 is 10.1 Å². The van der Waals surface area contributed by atoms with Crippen molar-refractivity contribution >= 4 is 17.4 Å². The van der Waals surface area contributed by atoms with Gasteiger partial charge >= 0.3 is 0 Å². The number of nitro groups is 1. The van der Waals surface area contributed by atoms with E-state index in [1.54, 1.807) is 18.3 Å². The third-order valence-corrected chi connectivity index (χ3v) is 3.76. The minimum atomic E-state index is -0.474. The van der Waals surface area contributed by atoms with Crippen LogP contribution in [0.5, 0.6) is 11.5 Å².